The van der Waals surface area contributed by atoms with Gasteiger partial charge in [-0.2, -0.15) is 0 Å². The Hall–Kier alpha value is -0.120. The zero-order valence-corrected chi connectivity index (χ0v) is 18.3. The smallest absolute Gasteiger partial charge is 0.107 e. The van der Waals surface area contributed by atoms with Gasteiger partial charge >= 0.3 is 0 Å². The van der Waals surface area contributed by atoms with E-state index in [1.54, 1.807) is 0 Å². The zero-order chi connectivity index (χ0) is 19.2. The molecule has 2 rings (SSSR count). The second-order valence-corrected chi connectivity index (χ2v) is 8.78. The molecule has 0 spiro atoms. The zero-order valence-electron chi connectivity index (χ0n) is 18.3. The molecule has 2 aliphatic heterocycles. The highest BCUT2D eigenvalue weighted by Crippen LogP contribution is 2.29. The quantitative estimate of drug-likeness (QED) is 0.171. The van der Waals surface area contributed by atoms with Crippen molar-refractivity contribution in [1.29, 1.82) is 0 Å². The van der Waals surface area contributed by atoms with E-state index in [0.717, 1.165) is 13.2 Å². The highest BCUT2D eigenvalue weighted by Gasteiger charge is 2.39. The monoisotopic (exact) mass is 382 g/mol. The molecule has 3 nitrogen and oxygen atoms in total. The highest BCUT2D eigenvalue weighted by molar-refractivity contribution is 4.86. The number of hydrogen-bond acceptors (Lipinski definition) is 3. The number of hydrogen-bond donors (Lipinski definition) is 0. The molecular formula is C24H46O3. The van der Waals surface area contributed by atoms with Crippen LogP contribution in [-0.2, 0) is 14.2 Å². The van der Waals surface area contributed by atoms with Gasteiger partial charge in [0.05, 0.1) is 25.4 Å². The van der Waals surface area contributed by atoms with E-state index in [4.69, 9.17) is 14.2 Å². The standard InChI is InChI=1S/C24H46O3/c1-3-5-7-9-11-13-15-17-21(23-19-25-23)27-22(24-20-26-24)18-16-14-12-10-8-6-4-2/h21-24H,3-20H2,1-2H3. The van der Waals surface area contributed by atoms with Crippen LogP contribution in [0.1, 0.15) is 117 Å². The Morgan fingerprint density at radius 3 is 1.26 bits per heavy atom. The molecule has 0 aliphatic carbocycles. The van der Waals surface area contributed by atoms with Gasteiger partial charge in [0.15, 0.2) is 0 Å². The van der Waals surface area contributed by atoms with Crippen LogP contribution in [0.15, 0.2) is 0 Å². The van der Waals surface area contributed by atoms with Crippen molar-refractivity contribution in [2.75, 3.05) is 13.2 Å². The molecule has 2 fully saturated rings. The van der Waals surface area contributed by atoms with Crippen LogP contribution in [0.25, 0.3) is 0 Å². The van der Waals surface area contributed by atoms with Crippen LogP contribution in [0, 0.1) is 0 Å². The molecular weight excluding hydrogens is 336 g/mol. The number of epoxide rings is 2. The van der Waals surface area contributed by atoms with Crippen molar-refractivity contribution >= 4 is 0 Å². The van der Waals surface area contributed by atoms with E-state index >= 15 is 0 Å². The van der Waals surface area contributed by atoms with E-state index in [0.29, 0.717) is 24.4 Å². The van der Waals surface area contributed by atoms with Crippen LogP contribution >= 0.6 is 0 Å². The lowest BCUT2D eigenvalue weighted by atomic mass is 10.0. The van der Waals surface area contributed by atoms with Crippen LogP contribution in [0.3, 0.4) is 0 Å². The van der Waals surface area contributed by atoms with Gasteiger partial charge in [0, 0.05) is 0 Å². The summed E-state index contributed by atoms with van der Waals surface area (Å²) in [5.74, 6) is 0. The minimum atomic E-state index is 0.305. The summed E-state index contributed by atoms with van der Waals surface area (Å²) in [6.07, 6.45) is 22.7. The van der Waals surface area contributed by atoms with E-state index in [2.05, 4.69) is 13.8 Å². The molecule has 2 saturated heterocycles. The van der Waals surface area contributed by atoms with Crippen LogP contribution in [0.5, 0.6) is 0 Å². The average Bonchev–Trinajstić information content (AvgIpc) is 3.57. The molecule has 0 aromatic carbocycles. The first kappa shape index (κ1) is 23.2. The molecule has 2 heterocycles. The van der Waals surface area contributed by atoms with Crippen LogP contribution < -0.4 is 0 Å². The van der Waals surface area contributed by atoms with Gasteiger partial charge in [0.1, 0.15) is 12.2 Å². The SMILES string of the molecule is CCCCCCCCCC(OC(CCCCCCCCC)C1CO1)C1CO1. The maximum Gasteiger partial charge on any atom is 0.107 e. The second-order valence-electron chi connectivity index (χ2n) is 8.78. The lowest BCUT2D eigenvalue weighted by molar-refractivity contribution is -0.0468. The molecule has 2 aliphatic rings. The summed E-state index contributed by atoms with van der Waals surface area (Å²) in [7, 11) is 0. The largest absolute Gasteiger partial charge is 0.370 e. The van der Waals surface area contributed by atoms with Crippen molar-refractivity contribution in [3.8, 4) is 0 Å². The maximum atomic E-state index is 6.54. The molecule has 0 aromatic heterocycles. The Morgan fingerprint density at radius 2 is 0.926 bits per heavy atom. The van der Waals surface area contributed by atoms with Gasteiger partial charge in [0.2, 0.25) is 0 Å². The first-order valence-electron chi connectivity index (χ1n) is 12.2. The van der Waals surface area contributed by atoms with E-state index in [-0.39, 0.29) is 0 Å². The fraction of sp³-hybridized carbons (Fsp3) is 1.00. The first-order chi connectivity index (χ1) is 13.3. The van der Waals surface area contributed by atoms with Crippen LogP contribution in [-0.4, -0.2) is 37.6 Å². The summed E-state index contributed by atoms with van der Waals surface area (Å²) >= 11 is 0. The maximum absolute atomic E-state index is 6.54. The third-order valence-electron chi connectivity index (χ3n) is 6.08. The Kier molecular flexibility index (Phi) is 12.7. The molecule has 3 heteroatoms. The minimum absolute atomic E-state index is 0.305. The minimum Gasteiger partial charge on any atom is -0.370 e. The third kappa shape index (κ3) is 11.5. The highest BCUT2D eigenvalue weighted by atomic mass is 16.6. The van der Waals surface area contributed by atoms with Crippen molar-refractivity contribution in [2.24, 2.45) is 0 Å². The van der Waals surface area contributed by atoms with Crippen molar-refractivity contribution in [1.82, 2.24) is 0 Å². The van der Waals surface area contributed by atoms with Gasteiger partial charge in [-0.15, -0.1) is 0 Å². The summed E-state index contributed by atoms with van der Waals surface area (Å²) < 4.78 is 17.7. The lowest BCUT2D eigenvalue weighted by Gasteiger charge is -2.23. The molecule has 0 bridgehead atoms. The Morgan fingerprint density at radius 1 is 0.593 bits per heavy atom. The molecule has 4 unspecified atom stereocenters. The van der Waals surface area contributed by atoms with E-state index in [1.807, 2.05) is 0 Å². The molecule has 27 heavy (non-hydrogen) atoms. The Bertz CT molecular complexity index is 307. The van der Waals surface area contributed by atoms with Gasteiger partial charge in [-0.3, -0.25) is 0 Å². The molecule has 0 radical (unpaired) electrons. The molecule has 0 saturated carbocycles. The third-order valence-corrected chi connectivity index (χ3v) is 6.08. The second kappa shape index (κ2) is 14.8. The first-order valence-corrected chi connectivity index (χ1v) is 12.2. The Labute approximate surface area is 168 Å². The molecule has 0 aromatic rings. The molecule has 160 valence electrons. The van der Waals surface area contributed by atoms with E-state index in [1.165, 1.54) is 103 Å². The molecule has 0 amide bonds. The Balaban J connectivity index is 1.56. The lowest BCUT2D eigenvalue weighted by Crippen LogP contribution is -2.30. The van der Waals surface area contributed by atoms with Crippen LogP contribution in [0.2, 0.25) is 0 Å². The van der Waals surface area contributed by atoms with Gasteiger partial charge in [-0.05, 0) is 12.8 Å². The fourth-order valence-corrected chi connectivity index (χ4v) is 4.05. The number of rotatable bonds is 20. The summed E-state index contributed by atoms with van der Waals surface area (Å²) in [5, 5.41) is 0. The van der Waals surface area contributed by atoms with Gasteiger partial charge in [0.25, 0.3) is 0 Å². The topological polar surface area (TPSA) is 34.3 Å². The van der Waals surface area contributed by atoms with Crippen molar-refractivity contribution in [3.05, 3.63) is 0 Å². The predicted molar refractivity (Wildman–Crippen MR) is 113 cm³/mol. The van der Waals surface area contributed by atoms with E-state index < -0.39 is 0 Å². The average molecular weight is 383 g/mol. The predicted octanol–water partition coefficient (Wildman–Crippen LogP) is 6.82. The van der Waals surface area contributed by atoms with Crippen LogP contribution in [0.4, 0.5) is 0 Å². The number of unbranched alkanes of at least 4 members (excludes halogenated alkanes) is 12. The van der Waals surface area contributed by atoms with Crippen molar-refractivity contribution in [2.45, 2.75) is 141 Å². The van der Waals surface area contributed by atoms with Gasteiger partial charge < -0.3 is 14.2 Å². The fourth-order valence-electron chi connectivity index (χ4n) is 4.05. The summed E-state index contributed by atoms with van der Waals surface area (Å²) in [4.78, 5) is 0. The normalized spacial score (nSPS) is 23.3. The summed E-state index contributed by atoms with van der Waals surface area (Å²) in [5.41, 5.74) is 0. The van der Waals surface area contributed by atoms with Crippen molar-refractivity contribution in [3.63, 3.8) is 0 Å². The van der Waals surface area contributed by atoms with Gasteiger partial charge in [-0.25, -0.2) is 0 Å². The summed E-state index contributed by atoms with van der Waals surface area (Å²) in [6.45, 7) is 6.36. The van der Waals surface area contributed by atoms with Crippen molar-refractivity contribution < 1.29 is 14.2 Å². The molecule has 4 atom stereocenters. The molecule has 0 N–H and O–H groups in total. The summed E-state index contributed by atoms with van der Waals surface area (Å²) in [6, 6.07) is 0. The van der Waals surface area contributed by atoms with Gasteiger partial charge in [-0.1, -0.05) is 104 Å². The number of ether oxygens (including phenoxy) is 3. The van der Waals surface area contributed by atoms with E-state index in [9.17, 15) is 0 Å².